The quantitative estimate of drug-likeness (QED) is 0.895. The molecule has 2 rings (SSSR count). The number of hydrogen-bond donors (Lipinski definition) is 1. The van der Waals surface area contributed by atoms with Crippen LogP contribution in [0, 0.1) is 0 Å². The lowest BCUT2D eigenvalue weighted by Gasteiger charge is -2.06. The molecule has 0 amide bonds. The van der Waals surface area contributed by atoms with Crippen LogP contribution in [-0.2, 0) is 12.8 Å². The number of nitrogens with two attached hydrogens (primary N) is 1. The van der Waals surface area contributed by atoms with Crippen molar-refractivity contribution >= 4 is 5.69 Å². The van der Waals surface area contributed by atoms with Crippen molar-refractivity contribution < 1.29 is 0 Å². The van der Waals surface area contributed by atoms with Crippen LogP contribution in [0.4, 0.5) is 5.69 Å². The lowest BCUT2D eigenvalue weighted by atomic mass is 10.0. The van der Waals surface area contributed by atoms with E-state index in [4.69, 9.17) is 5.73 Å². The first-order chi connectivity index (χ1) is 8.65. The van der Waals surface area contributed by atoms with E-state index in [9.17, 15) is 0 Å². The van der Waals surface area contributed by atoms with Crippen molar-refractivity contribution in [2.45, 2.75) is 32.6 Å². The summed E-state index contributed by atoms with van der Waals surface area (Å²) < 4.78 is 0. The number of aryl methyl sites for hydroxylation is 2. The van der Waals surface area contributed by atoms with Crippen molar-refractivity contribution in [1.82, 2.24) is 9.97 Å². The lowest BCUT2D eigenvalue weighted by molar-refractivity contribution is 0.847. The molecule has 0 unspecified atom stereocenters. The Hall–Kier alpha value is -1.90. The van der Waals surface area contributed by atoms with E-state index in [1.54, 1.807) is 12.4 Å². The van der Waals surface area contributed by atoms with Gasteiger partial charge in [-0.1, -0.05) is 38.1 Å². The number of anilines is 1. The van der Waals surface area contributed by atoms with E-state index < -0.39 is 0 Å². The lowest BCUT2D eigenvalue weighted by Crippen LogP contribution is -1.99. The Kier molecular flexibility index (Phi) is 3.92. The first kappa shape index (κ1) is 12.6. The van der Waals surface area contributed by atoms with Crippen molar-refractivity contribution in [2.24, 2.45) is 0 Å². The van der Waals surface area contributed by atoms with Gasteiger partial charge in [-0.3, -0.25) is 0 Å². The molecule has 0 radical (unpaired) electrons. The molecule has 0 aliphatic heterocycles. The molecule has 94 valence electrons. The van der Waals surface area contributed by atoms with Gasteiger partial charge in [0.05, 0.1) is 18.1 Å². The Balaban J connectivity index is 1.95. The van der Waals surface area contributed by atoms with Gasteiger partial charge in [-0.2, -0.15) is 0 Å². The van der Waals surface area contributed by atoms with Crippen molar-refractivity contribution in [3.8, 4) is 0 Å². The molecule has 18 heavy (non-hydrogen) atoms. The Morgan fingerprint density at radius 2 is 1.61 bits per heavy atom. The van der Waals surface area contributed by atoms with E-state index in [0.717, 1.165) is 18.7 Å². The number of benzene rings is 1. The highest BCUT2D eigenvalue weighted by Crippen LogP contribution is 2.15. The van der Waals surface area contributed by atoms with Crippen LogP contribution in [0.3, 0.4) is 0 Å². The average molecular weight is 241 g/mol. The van der Waals surface area contributed by atoms with Crippen LogP contribution in [0.25, 0.3) is 0 Å². The summed E-state index contributed by atoms with van der Waals surface area (Å²) in [6, 6.07) is 8.77. The summed E-state index contributed by atoms with van der Waals surface area (Å²) in [6.45, 7) is 4.41. The molecule has 3 nitrogen and oxygen atoms in total. The van der Waals surface area contributed by atoms with E-state index in [0.29, 0.717) is 11.6 Å². The van der Waals surface area contributed by atoms with Crippen molar-refractivity contribution in [3.63, 3.8) is 0 Å². The highest BCUT2D eigenvalue weighted by molar-refractivity contribution is 5.30. The minimum Gasteiger partial charge on any atom is -0.396 e. The highest BCUT2D eigenvalue weighted by atomic mass is 14.9. The molecule has 0 saturated carbocycles. The third kappa shape index (κ3) is 3.29. The summed E-state index contributed by atoms with van der Waals surface area (Å²) in [5.74, 6) is 1.43. The molecule has 2 aromatic rings. The standard InChI is InChI=1S/C15H19N3/c1-11(2)13-6-3-12(4-7-13)5-8-15-17-9-14(16)10-18-15/h3-4,6-7,9-11H,5,8,16H2,1-2H3. The fourth-order valence-corrected chi connectivity index (χ4v) is 1.82. The number of aromatic nitrogens is 2. The molecule has 1 aromatic heterocycles. The second-order valence-corrected chi connectivity index (χ2v) is 4.83. The number of hydrogen-bond acceptors (Lipinski definition) is 3. The first-order valence-corrected chi connectivity index (χ1v) is 6.30. The van der Waals surface area contributed by atoms with Gasteiger partial charge in [0, 0.05) is 6.42 Å². The molecule has 1 aromatic carbocycles. The van der Waals surface area contributed by atoms with Crippen molar-refractivity contribution in [2.75, 3.05) is 5.73 Å². The van der Waals surface area contributed by atoms with E-state index in [1.165, 1.54) is 11.1 Å². The smallest absolute Gasteiger partial charge is 0.128 e. The molecular weight excluding hydrogens is 222 g/mol. The summed E-state index contributed by atoms with van der Waals surface area (Å²) in [5.41, 5.74) is 8.86. The van der Waals surface area contributed by atoms with E-state index in [-0.39, 0.29) is 0 Å². The van der Waals surface area contributed by atoms with Crippen LogP contribution >= 0.6 is 0 Å². The maximum absolute atomic E-state index is 5.55. The van der Waals surface area contributed by atoms with Crippen LogP contribution < -0.4 is 5.73 Å². The van der Waals surface area contributed by atoms with Crippen LogP contribution in [0.15, 0.2) is 36.7 Å². The zero-order valence-electron chi connectivity index (χ0n) is 10.9. The molecule has 0 bridgehead atoms. The largest absolute Gasteiger partial charge is 0.396 e. The molecule has 3 heteroatoms. The summed E-state index contributed by atoms with van der Waals surface area (Å²) >= 11 is 0. The van der Waals surface area contributed by atoms with Gasteiger partial charge < -0.3 is 5.73 Å². The van der Waals surface area contributed by atoms with Gasteiger partial charge in [0.2, 0.25) is 0 Å². The molecule has 0 aliphatic carbocycles. The van der Waals surface area contributed by atoms with Gasteiger partial charge in [0.1, 0.15) is 5.82 Å². The molecule has 0 atom stereocenters. The van der Waals surface area contributed by atoms with Gasteiger partial charge in [0.15, 0.2) is 0 Å². The minimum atomic E-state index is 0.583. The zero-order chi connectivity index (χ0) is 13.0. The number of rotatable bonds is 4. The van der Waals surface area contributed by atoms with Crippen LogP contribution in [0.5, 0.6) is 0 Å². The minimum absolute atomic E-state index is 0.583. The normalized spacial score (nSPS) is 10.8. The number of nitrogens with zero attached hydrogens (tertiary/aromatic N) is 2. The molecule has 0 spiro atoms. The van der Waals surface area contributed by atoms with Crippen molar-refractivity contribution in [1.29, 1.82) is 0 Å². The maximum atomic E-state index is 5.55. The molecule has 1 heterocycles. The second kappa shape index (κ2) is 5.63. The Bertz CT molecular complexity index is 486. The van der Waals surface area contributed by atoms with Gasteiger partial charge in [-0.15, -0.1) is 0 Å². The summed E-state index contributed by atoms with van der Waals surface area (Å²) in [4.78, 5) is 8.41. The highest BCUT2D eigenvalue weighted by Gasteiger charge is 2.01. The van der Waals surface area contributed by atoms with Crippen LogP contribution in [0.1, 0.15) is 36.7 Å². The Morgan fingerprint density at radius 1 is 1.00 bits per heavy atom. The first-order valence-electron chi connectivity index (χ1n) is 6.30. The van der Waals surface area contributed by atoms with Crippen LogP contribution in [-0.4, -0.2) is 9.97 Å². The summed E-state index contributed by atoms with van der Waals surface area (Å²) in [5, 5.41) is 0. The Morgan fingerprint density at radius 3 is 2.17 bits per heavy atom. The van der Waals surface area contributed by atoms with Gasteiger partial charge >= 0.3 is 0 Å². The molecule has 2 N–H and O–H groups in total. The molecule has 0 aliphatic rings. The fourth-order valence-electron chi connectivity index (χ4n) is 1.82. The van der Waals surface area contributed by atoms with Crippen molar-refractivity contribution in [3.05, 3.63) is 53.6 Å². The second-order valence-electron chi connectivity index (χ2n) is 4.83. The molecule has 0 saturated heterocycles. The predicted octanol–water partition coefficient (Wildman–Crippen LogP) is 2.97. The Labute approximate surface area is 108 Å². The third-order valence-electron chi connectivity index (χ3n) is 3.01. The molecular formula is C15H19N3. The SMILES string of the molecule is CC(C)c1ccc(CCc2ncc(N)cn2)cc1. The van der Waals surface area contributed by atoms with Gasteiger partial charge in [0.25, 0.3) is 0 Å². The molecule has 0 fully saturated rings. The monoisotopic (exact) mass is 241 g/mol. The average Bonchev–Trinajstić information content (AvgIpc) is 2.38. The maximum Gasteiger partial charge on any atom is 0.128 e. The number of nitrogen functional groups attached to an aromatic ring is 1. The fraction of sp³-hybridized carbons (Fsp3) is 0.333. The topological polar surface area (TPSA) is 51.8 Å². The van der Waals surface area contributed by atoms with Gasteiger partial charge in [-0.25, -0.2) is 9.97 Å². The summed E-state index contributed by atoms with van der Waals surface area (Å²) in [6.07, 6.45) is 5.12. The third-order valence-corrected chi connectivity index (χ3v) is 3.01. The zero-order valence-corrected chi connectivity index (χ0v) is 10.9. The summed E-state index contributed by atoms with van der Waals surface area (Å²) in [7, 11) is 0. The van der Waals surface area contributed by atoms with Gasteiger partial charge in [-0.05, 0) is 23.5 Å². The van der Waals surface area contributed by atoms with E-state index in [1.807, 2.05) is 0 Å². The van der Waals surface area contributed by atoms with E-state index in [2.05, 4.69) is 48.1 Å². The predicted molar refractivity (Wildman–Crippen MR) is 74.4 cm³/mol. The van der Waals surface area contributed by atoms with Crippen LogP contribution in [0.2, 0.25) is 0 Å². The van der Waals surface area contributed by atoms with E-state index >= 15 is 0 Å².